The van der Waals surface area contributed by atoms with Gasteiger partial charge in [0.2, 0.25) is 0 Å². The molecule has 0 saturated carbocycles. The average molecular weight is 336 g/mol. The topological polar surface area (TPSA) is 39.2 Å². The number of methoxy groups -OCH3 is 1. The Balaban J connectivity index is 2.48. The van der Waals surface area contributed by atoms with E-state index in [9.17, 15) is 18.0 Å². The van der Waals surface area contributed by atoms with Crippen LogP contribution in [-0.2, 0) is 10.9 Å². The van der Waals surface area contributed by atoms with Crippen LogP contribution in [0, 0.1) is 6.92 Å². The van der Waals surface area contributed by atoms with Gasteiger partial charge in [0.05, 0.1) is 23.4 Å². The van der Waals surface area contributed by atoms with E-state index in [2.05, 4.69) is 9.72 Å². The SMILES string of the molecule is COC(=O)c1cc(-c2ncc(C(F)(F)F)cc2Cl)c(C)s1. The van der Waals surface area contributed by atoms with Gasteiger partial charge in [-0.2, -0.15) is 13.2 Å². The minimum absolute atomic E-state index is 0.123. The van der Waals surface area contributed by atoms with Gasteiger partial charge < -0.3 is 4.74 Å². The summed E-state index contributed by atoms with van der Waals surface area (Å²) in [6.45, 7) is 1.72. The Hall–Kier alpha value is -1.60. The first-order valence-corrected chi connectivity index (χ1v) is 6.85. The van der Waals surface area contributed by atoms with E-state index in [0.29, 0.717) is 15.3 Å². The van der Waals surface area contributed by atoms with Crippen molar-refractivity contribution in [3.63, 3.8) is 0 Å². The quantitative estimate of drug-likeness (QED) is 0.754. The fourth-order valence-corrected chi connectivity index (χ4v) is 2.92. The molecule has 2 heterocycles. The number of ether oxygens (including phenoxy) is 1. The van der Waals surface area contributed by atoms with Gasteiger partial charge in [-0.3, -0.25) is 4.98 Å². The van der Waals surface area contributed by atoms with Gasteiger partial charge in [-0.1, -0.05) is 11.6 Å². The number of aryl methyl sites for hydroxylation is 1. The van der Waals surface area contributed by atoms with Gasteiger partial charge >= 0.3 is 12.1 Å². The number of nitrogens with zero attached hydrogens (tertiary/aromatic N) is 1. The number of hydrogen-bond donors (Lipinski definition) is 0. The fourth-order valence-electron chi connectivity index (χ4n) is 1.71. The van der Waals surface area contributed by atoms with Crippen molar-refractivity contribution in [2.45, 2.75) is 13.1 Å². The molecular weight excluding hydrogens is 327 g/mol. The Bertz CT molecular complexity index is 697. The number of hydrogen-bond acceptors (Lipinski definition) is 4. The molecule has 2 rings (SSSR count). The Morgan fingerprint density at radius 3 is 2.57 bits per heavy atom. The van der Waals surface area contributed by atoms with Crippen molar-refractivity contribution in [3.05, 3.63) is 38.7 Å². The highest BCUT2D eigenvalue weighted by atomic mass is 35.5. The summed E-state index contributed by atoms with van der Waals surface area (Å²) in [6.07, 6.45) is -3.79. The van der Waals surface area contributed by atoms with Crippen molar-refractivity contribution in [1.29, 1.82) is 0 Å². The van der Waals surface area contributed by atoms with Crippen LogP contribution in [0.1, 0.15) is 20.1 Å². The van der Waals surface area contributed by atoms with E-state index in [4.69, 9.17) is 11.6 Å². The summed E-state index contributed by atoms with van der Waals surface area (Å²) < 4.78 is 42.3. The molecule has 2 aromatic heterocycles. The molecule has 0 radical (unpaired) electrons. The van der Waals surface area contributed by atoms with Crippen molar-refractivity contribution in [3.8, 4) is 11.3 Å². The highest BCUT2D eigenvalue weighted by Crippen LogP contribution is 2.37. The van der Waals surface area contributed by atoms with Gasteiger partial charge in [-0.05, 0) is 19.1 Å². The van der Waals surface area contributed by atoms with Crippen molar-refractivity contribution < 1.29 is 22.7 Å². The maximum absolute atomic E-state index is 12.6. The molecule has 0 aliphatic heterocycles. The number of carbonyl (C=O) groups is 1. The smallest absolute Gasteiger partial charge is 0.417 e. The molecule has 8 heteroatoms. The Morgan fingerprint density at radius 2 is 2.05 bits per heavy atom. The maximum Gasteiger partial charge on any atom is 0.417 e. The Labute approximate surface area is 127 Å². The van der Waals surface area contributed by atoms with Crippen molar-refractivity contribution in [1.82, 2.24) is 4.98 Å². The first kappa shape index (κ1) is 15.8. The molecule has 0 bridgehead atoms. The normalized spacial score (nSPS) is 11.5. The number of alkyl halides is 3. The van der Waals surface area contributed by atoms with Crippen LogP contribution in [0.25, 0.3) is 11.3 Å². The number of pyridine rings is 1. The minimum Gasteiger partial charge on any atom is -0.465 e. The molecule has 0 N–H and O–H groups in total. The van der Waals surface area contributed by atoms with E-state index in [1.54, 1.807) is 6.92 Å². The molecule has 0 aliphatic rings. The van der Waals surface area contributed by atoms with Crippen LogP contribution in [0.2, 0.25) is 5.02 Å². The van der Waals surface area contributed by atoms with Crippen LogP contribution in [-0.4, -0.2) is 18.1 Å². The molecule has 0 spiro atoms. The number of halogens is 4. The predicted octanol–water partition coefficient (Wildman–Crippen LogP) is 4.58. The molecule has 0 aromatic carbocycles. The molecule has 21 heavy (non-hydrogen) atoms. The zero-order chi connectivity index (χ0) is 15.8. The van der Waals surface area contributed by atoms with E-state index in [-0.39, 0.29) is 10.7 Å². The van der Waals surface area contributed by atoms with Crippen molar-refractivity contribution >= 4 is 28.9 Å². The molecule has 0 atom stereocenters. The second kappa shape index (κ2) is 5.65. The molecule has 0 saturated heterocycles. The average Bonchev–Trinajstić information content (AvgIpc) is 2.78. The van der Waals surface area contributed by atoms with Gasteiger partial charge in [0.25, 0.3) is 0 Å². The fraction of sp³-hybridized carbons (Fsp3) is 0.231. The summed E-state index contributed by atoms with van der Waals surface area (Å²) in [5.74, 6) is -0.516. The monoisotopic (exact) mass is 335 g/mol. The highest BCUT2D eigenvalue weighted by Gasteiger charge is 2.32. The van der Waals surface area contributed by atoms with Crippen LogP contribution in [0.5, 0.6) is 0 Å². The van der Waals surface area contributed by atoms with E-state index in [1.807, 2.05) is 0 Å². The maximum atomic E-state index is 12.6. The second-order valence-electron chi connectivity index (χ2n) is 4.12. The van der Waals surface area contributed by atoms with Gasteiger partial charge in [-0.25, -0.2) is 4.79 Å². The lowest BCUT2D eigenvalue weighted by molar-refractivity contribution is -0.137. The van der Waals surface area contributed by atoms with Crippen LogP contribution in [0.15, 0.2) is 18.3 Å². The van der Waals surface area contributed by atoms with Gasteiger partial charge in [0.1, 0.15) is 4.88 Å². The predicted molar refractivity (Wildman–Crippen MR) is 73.6 cm³/mol. The van der Waals surface area contributed by atoms with Gasteiger partial charge in [-0.15, -0.1) is 11.3 Å². The summed E-state index contributed by atoms with van der Waals surface area (Å²) in [7, 11) is 1.25. The third kappa shape index (κ3) is 3.19. The summed E-state index contributed by atoms with van der Waals surface area (Å²) >= 11 is 7.06. The van der Waals surface area contributed by atoms with E-state index in [1.165, 1.54) is 13.2 Å². The van der Waals surface area contributed by atoms with Crippen LogP contribution < -0.4 is 0 Å². The lowest BCUT2D eigenvalue weighted by Crippen LogP contribution is -2.05. The molecule has 3 nitrogen and oxygen atoms in total. The second-order valence-corrected chi connectivity index (χ2v) is 5.79. The van der Waals surface area contributed by atoms with Crippen LogP contribution in [0.3, 0.4) is 0 Å². The largest absolute Gasteiger partial charge is 0.465 e. The number of thiophene rings is 1. The van der Waals surface area contributed by atoms with E-state index < -0.39 is 17.7 Å². The zero-order valence-corrected chi connectivity index (χ0v) is 12.5. The standard InChI is InChI=1S/C13H9ClF3NO2S/c1-6-8(4-10(21-6)12(19)20-2)11-9(14)3-7(5-18-11)13(15,16)17/h3-5H,1-2H3. The van der Waals surface area contributed by atoms with E-state index in [0.717, 1.165) is 23.6 Å². The Morgan fingerprint density at radius 1 is 1.38 bits per heavy atom. The lowest BCUT2D eigenvalue weighted by atomic mass is 10.1. The third-order valence-electron chi connectivity index (χ3n) is 2.73. The van der Waals surface area contributed by atoms with Crippen LogP contribution >= 0.6 is 22.9 Å². The minimum atomic E-state index is -4.50. The summed E-state index contributed by atoms with van der Waals surface area (Å²) in [5, 5.41) is -0.123. The van der Waals surface area contributed by atoms with E-state index >= 15 is 0 Å². The van der Waals surface area contributed by atoms with Gasteiger partial charge in [0, 0.05) is 16.6 Å². The summed E-state index contributed by atoms with van der Waals surface area (Å²) in [4.78, 5) is 16.3. The zero-order valence-electron chi connectivity index (χ0n) is 10.9. The summed E-state index contributed by atoms with van der Waals surface area (Å²) in [5.41, 5.74) is -0.204. The molecule has 0 unspecified atom stereocenters. The van der Waals surface area contributed by atoms with Crippen molar-refractivity contribution in [2.24, 2.45) is 0 Å². The highest BCUT2D eigenvalue weighted by molar-refractivity contribution is 7.14. The molecule has 0 amide bonds. The number of aromatic nitrogens is 1. The molecule has 2 aromatic rings. The van der Waals surface area contributed by atoms with Gasteiger partial charge in [0.15, 0.2) is 0 Å². The van der Waals surface area contributed by atoms with Crippen LogP contribution in [0.4, 0.5) is 13.2 Å². The molecular formula is C13H9ClF3NO2S. The Kier molecular flexibility index (Phi) is 4.25. The first-order chi connectivity index (χ1) is 9.74. The molecule has 112 valence electrons. The summed E-state index contributed by atoms with van der Waals surface area (Å²) in [6, 6.07) is 2.33. The number of rotatable bonds is 2. The first-order valence-electron chi connectivity index (χ1n) is 5.66. The molecule has 0 fully saturated rings. The third-order valence-corrected chi connectivity index (χ3v) is 4.05. The lowest BCUT2D eigenvalue weighted by Gasteiger charge is -2.08. The number of carbonyl (C=O) groups excluding carboxylic acids is 1. The van der Waals surface area contributed by atoms with Crippen molar-refractivity contribution in [2.75, 3.05) is 7.11 Å². The molecule has 0 aliphatic carbocycles. The number of esters is 1.